The van der Waals surface area contributed by atoms with Crippen LogP contribution in [0.15, 0.2) is 48.5 Å². The molecule has 1 aromatic heterocycles. The summed E-state index contributed by atoms with van der Waals surface area (Å²) in [6.45, 7) is -1.44. The summed E-state index contributed by atoms with van der Waals surface area (Å²) in [4.78, 5) is 31.2. The van der Waals surface area contributed by atoms with Crippen molar-refractivity contribution in [1.29, 1.82) is 0 Å². The standard InChI is InChI=1S/C21H20F2N4O3/c1-3-21(13-8-10-14(30-2)11-9-13)18(28)26(20(29)25-21)12-17-24-15-6-4-5-7-16(15)27(17)19(22)23/h4-11,19H,3,12H2,1-2H3,(H,25,29)/t21-/m1/s1. The Morgan fingerprint density at radius 2 is 1.83 bits per heavy atom. The molecule has 1 atom stereocenters. The van der Waals surface area contributed by atoms with E-state index in [0.29, 0.717) is 23.3 Å². The highest BCUT2D eigenvalue weighted by Gasteiger charge is 2.51. The summed E-state index contributed by atoms with van der Waals surface area (Å²) in [7, 11) is 1.53. The van der Waals surface area contributed by atoms with E-state index in [2.05, 4.69) is 10.3 Å². The zero-order valence-electron chi connectivity index (χ0n) is 16.4. The number of hydrogen-bond acceptors (Lipinski definition) is 4. The summed E-state index contributed by atoms with van der Waals surface area (Å²) in [5.74, 6) is 0.0497. The zero-order chi connectivity index (χ0) is 21.5. The molecule has 7 nitrogen and oxygen atoms in total. The third-order valence-corrected chi connectivity index (χ3v) is 5.45. The van der Waals surface area contributed by atoms with E-state index in [9.17, 15) is 18.4 Å². The van der Waals surface area contributed by atoms with Gasteiger partial charge in [0.25, 0.3) is 5.91 Å². The molecule has 0 unspecified atom stereocenters. The molecule has 1 aliphatic heterocycles. The Morgan fingerprint density at radius 3 is 2.47 bits per heavy atom. The molecule has 1 fully saturated rings. The van der Waals surface area contributed by atoms with E-state index >= 15 is 0 Å². The Morgan fingerprint density at radius 1 is 1.13 bits per heavy atom. The predicted molar refractivity (Wildman–Crippen MR) is 105 cm³/mol. The summed E-state index contributed by atoms with van der Waals surface area (Å²) >= 11 is 0. The van der Waals surface area contributed by atoms with E-state index in [4.69, 9.17) is 4.74 Å². The van der Waals surface area contributed by atoms with Crippen LogP contribution in [0, 0.1) is 0 Å². The molecular formula is C21H20F2N4O3. The molecule has 30 heavy (non-hydrogen) atoms. The van der Waals surface area contributed by atoms with Gasteiger partial charge in [0.2, 0.25) is 0 Å². The summed E-state index contributed by atoms with van der Waals surface area (Å²) < 4.78 is 33.3. The first-order chi connectivity index (χ1) is 14.4. The summed E-state index contributed by atoms with van der Waals surface area (Å²) in [6.07, 6.45) is 0.297. The van der Waals surface area contributed by atoms with Crippen molar-refractivity contribution in [2.75, 3.05) is 7.11 Å². The molecule has 3 amide bonds. The van der Waals surface area contributed by atoms with Gasteiger partial charge in [0, 0.05) is 0 Å². The fourth-order valence-electron chi connectivity index (χ4n) is 3.85. The van der Waals surface area contributed by atoms with Crippen molar-refractivity contribution in [3.8, 4) is 5.75 Å². The molecule has 0 aliphatic carbocycles. The Balaban J connectivity index is 1.71. The number of carbonyl (C=O) groups excluding carboxylic acids is 2. The smallest absolute Gasteiger partial charge is 0.325 e. The number of benzene rings is 2. The number of hydrogen-bond donors (Lipinski definition) is 1. The number of imide groups is 1. The lowest BCUT2D eigenvalue weighted by molar-refractivity contribution is -0.132. The van der Waals surface area contributed by atoms with Crippen LogP contribution in [0.4, 0.5) is 13.6 Å². The van der Waals surface area contributed by atoms with Crippen LogP contribution in [-0.4, -0.2) is 33.5 Å². The van der Waals surface area contributed by atoms with E-state index in [0.717, 1.165) is 9.47 Å². The highest BCUT2D eigenvalue weighted by Crippen LogP contribution is 2.34. The molecule has 4 rings (SSSR count). The number of halogens is 2. The minimum absolute atomic E-state index is 0.0590. The molecule has 2 heterocycles. The number of para-hydroxylation sites is 2. The normalized spacial score (nSPS) is 19.0. The van der Waals surface area contributed by atoms with Crippen molar-refractivity contribution in [3.63, 3.8) is 0 Å². The van der Waals surface area contributed by atoms with Crippen molar-refractivity contribution >= 4 is 23.0 Å². The molecule has 0 saturated carbocycles. The number of aromatic nitrogens is 2. The Hall–Kier alpha value is -3.49. The van der Waals surface area contributed by atoms with E-state index in [1.54, 1.807) is 49.4 Å². The third-order valence-electron chi connectivity index (χ3n) is 5.45. The summed E-state index contributed by atoms with van der Waals surface area (Å²) in [6, 6.07) is 12.6. The number of carbonyl (C=O) groups is 2. The average Bonchev–Trinajstić information content (AvgIpc) is 3.24. The maximum absolute atomic E-state index is 13.7. The Kier molecular flexibility index (Phi) is 4.89. The molecule has 3 aromatic rings. The van der Waals surface area contributed by atoms with Crippen LogP contribution < -0.4 is 10.1 Å². The maximum Gasteiger partial charge on any atom is 0.325 e. The quantitative estimate of drug-likeness (QED) is 0.623. The van der Waals surface area contributed by atoms with Gasteiger partial charge in [-0.3, -0.25) is 14.3 Å². The van der Waals surface area contributed by atoms with Gasteiger partial charge in [-0.2, -0.15) is 8.78 Å². The predicted octanol–water partition coefficient (Wildman–Crippen LogP) is 3.80. The minimum atomic E-state index is -2.86. The molecule has 1 aliphatic rings. The molecule has 0 bridgehead atoms. The highest BCUT2D eigenvalue weighted by molar-refractivity contribution is 6.07. The van der Waals surface area contributed by atoms with Crippen LogP contribution in [0.25, 0.3) is 11.0 Å². The Bertz CT molecular complexity index is 1110. The topological polar surface area (TPSA) is 76.5 Å². The molecule has 1 saturated heterocycles. The van der Waals surface area contributed by atoms with E-state index in [-0.39, 0.29) is 17.9 Å². The number of methoxy groups -OCH3 is 1. The van der Waals surface area contributed by atoms with Gasteiger partial charge >= 0.3 is 12.6 Å². The van der Waals surface area contributed by atoms with Crippen LogP contribution in [0.5, 0.6) is 5.75 Å². The van der Waals surface area contributed by atoms with Gasteiger partial charge in [-0.1, -0.05) is 31.2 Å². The highest BCUT2D eigenvalue weighted by atomic mass is 19.3. The number of rotatable bonds is 6. The number of fused-ring (bicyclic) bond motifs is 1. The minimum Gasteiger partial charge on any atom is -0.497 e. The Labute approximate surface area is 171 Å². The van der Waals surface area contributed by atoms with Crippen molar-refractivity contribution in [1.82, 2.24) is 19.8 Å². The lowest BCUT2D eigenvalue weighted by Gasteiger charge is -2.26. The number of amides is 3. The van der Waals surface area contributed by atoms with Crippen LogP contribution >= 0.6 is 0 Å². The van der Waals surface area contributed by atoms with Gasteiger partial charge < -0.3 is 10.1 Å². The largest absolute Gasteiger partial charge is 0.497 e. The van der Waals surface area contributed by atoms with Crippen LogP contribution in [0.3, 0.4) is 0 Å². The number of ether oxygens (including phenoxy) is 1. The molecular weight excluding hydrogens is 394 g/mol. The van der Waals surface area contributed by atoms with Gasteiger partial charge in [-0.15, -0.1) is 0 Å². The first-order valence-corrected chi connectivity index (χ1v) is 9.44. The molecule has 2 aromatic carbocycles. The van der Waals surface area contributed by atoms with Crippen molar-refractivity contribution in [2.45, 2.75) is 32.0 Å². The first-order valence-electron chi connectivity index (χ1n) is 9.44. The number of nitrogens with one attached hydrogen (secondary N) is 1. The van der Waals surface area contributed by atoms with Gasteiger partial charge in [0.05, 0.1) is 24.7 Å². The molecule has 156 valence electrons. The van der Waals surface area contributed by atoms with Gasteiger partial charge in [0.1, 0.15) is 17.1 Å². The summed E-state index contributed by atoms with van der Waals surface area (Å²) in [5.41, 5.74) is -0.0670. The molecule has 0 radical (unpaired) electrons. The van der Waals surface area contributed by atoms with Gasteiger partial charge in [-0.25, -0.2) is 9.78 Å². The third kappa shape index (κ3) is 2.97. The van der Waals surface area contributed by atoms with Crippen molar-refractivity contribution in [3.05, 3.63) is 59.9 Å². The number of alkyl halides is 2. The zero-order valence-corrected chi connectivity index (χ0v) is 16.4. The molecule has 0 spiro atoms. The monoisotopic (exact) mass is 414 g/mol. The number of imidazole rings is 1. The van der Waals surface area contributed by atoms with E-state index < -0.39 is 24.0 Å². The van der Waals surface area contributed by atoms with Gasteiger partial charge in [0.15, 0.2) is 0 Å². The van der Waals surface area contributed by atoms with Crippen LogP contribution in [0.2, 0.25) is 0 Å². The average molecular weight is 414 g/mol. The van der Waals surface area contributed by atoms with E-state index in [1.807, 2.05) is 0 Å². The molecule has 9 heteroatoms. The fraction of sp³-hybridized carbons (Fsp3) is 0.286. The SMILES string of the molecule is CC[C@]1(c2ccc(OC)cc2)NC(=O)N(Cc2nc3ccccc3n2C(F)F)C1=O. The second-order valence-corrected chi connectivity index (χ2v) is 6.97. The lowest BCUT2D eigenvalue weighted by Crippen LogP contribution is -2.43. The number of urea groups is 1. The summed E-state index contributed by atoms with van der Waals surface area (Å²) in [5, 5.41) is 2.75. The number of nitrogens with zero attached hydrogens (tertiary/aromatic N) is 3. The maximum atomic E-state index is 13.7. The van der Waals surface area contributed by atoms with Crippen LogP contribution in [-0.2, 0) is 16.9 Å². The first kappa shape index (κ1) is 19.8. The van der Waals surface area contributed by atoms with Gasteiger partial charge in [-0.05, 0) is 36.2 Å². The second kappa shape index (κ2) is 7.40. The fourth-order valence-corrected chi connectivity index (χ4v) is 3.85. The van der Waals surface area contributed by atoms with E-state index in [1.165, 1.54) is 13.2 Å². The molecule has 1 N–H and O–H groups in total. The van der Waals surface area contributed by atoms with Crippen molar-refractivity contribution in [2.24, 2.45) is 0 Å². The second-order valence-electron chi connectivity index (χ2n) is 6.97. The van der Waals surface area contributed by atoms with Crippen LogP contribution in [0.1, 0.15) is 31.3 Å². The lowest BCUT2D eigenvalue weighted by atomic mass is 9.87. The van der Waals surface area contributed by atoms with Crippen molar-refractivity contribution < 1.29 is 23.1 Å².